The number of ketones is 2. The lowest BCUT2D eigenvalue weighted by Gasteiger charge is -2.57. The normalized spacial score (nSPS) is 55.1. The van der Waals surface area contributed by atoms with Crippen molar-refractivity contribution in [2.45, 2.75) is 63.8 Å². The van der Waals surface area contributed by atoms with Crippen molar-refractivity contribution >= 4 is 11.6 Å². The Morgan fingerprint density at radius 2 is 2.07 bits per heavy atom. The third-order valence-electron chi connectivity index (χ3n) is 9.02. The molecule has 0 amide bonds. The molecule has 1 heterocycles. The van der Waals surface area contributed by atoms with E-state index >= 15 is 0 Å². The number of Topliss-reactive ketones (excluding diaryl/α,β-unsaturated/α-hetero) is 1. The van der Waals surface area contributed by atoms with Crippen LogP contribution in [-0.4, -0.2) is 45.7 Å². The predicted molar refractivity (Wildman–Crippen MR) is 97.7 cm³/mol. The number of carbonyl (C=O) groups is 2. The second kappa shape index (κ2) is 5.00. The Morgan fingerprint density at radius 1 is 1.33 bits per heavy atom. The van der Waals surface area contributed by atoms with Gasteiger partial charge in [0.15, 0.2) is 11.6 Å². The lowest BCUT2D eigenvalue weighted by Crippen LogP contribution is -2.62. The Morgan fingerprint density at radius 3 is 2.78 bits per heavy atom. The molecule has 0 aromatic heterocycles. The van der Waals surface area contributed by atoms with E-state index in [9.17, 15) is 19.8 Å². The number of carbonyl (C=O) groups excluding carboxylic acids is 2. The molecule has 2 N–H and O–H groups in total. The van der Waals surface area contributed by atoms with Crippen LogP contribution in [0.25, 0.3) is 0 Å². The van der Waals surface area contributed by atoms with E-state index in [1.165, 1.54) is 0 Å². The van der Waals surface area contributed by atoms with E-state index in [2.05, 4.69) is 13.8 Å². The minimum Gasteiger partial charge on any atom is -0.388 e. The molecule has 5 aliphatic rings. The fourth-order valence-corrected chi connectivity index (χ4v) is 7.63. The molecule has 5 nitrogen and oxygen atoms in total. The third-order valence-corrected chi connectivity index (χ3v) is 9.02. The molecule has 1 aliphatic heterocycles. The summed E-state index contributed by atoms with van der Waals surface area (Å²) in [6, 6.07) is 0. The van der Waals surface area contributed by atoms with Crippen LogP contribution in [-0.2, 0) is 14.3 Å². The van der Waals surface area contributed by atoms with Gasteiger partial charge in [0, 0.05) is 10.8 Å². The minimum absolute atomic E-state index is 0.0291. The fourth-order valence-electron chi connectivity index (χ4n) is 7.63. The molecule has 5 heteroatoms. The van der Waals surface area contributed by atoms with Crippen molar-refractivity contribution in [3.63, 3.8) is 0 Å². The molecule has 0 radical (unpaired) electrons. The van der Waals surface area contributed by atoms with E-state index in [1.807, 2.05) is 13.0 Å². The van der Waals surface area contributed by atoms with E-state index < -0.39 is 23.4 Å². The summed E-state index contributed by atoms with van der Waals surface area (Å²) in [5, 5.41) is 20.7. The molecule has 4 fully saturated rings. The van der Waals surface area contributed by atoms with Crippen LogP contribution >= 0.6 is 0 Å². The average molecular weight is 372 g/mol. The quantitative estimate of drug-likeness (QED) is 0.724. The maximum absolute atomic E-state index is 12.5. The average Bonchev–Trinajstić information content (AvgIpc) is 3.29. The van der Waals surface area contributed by atoms with Crippen LogP contribution in [0.1, 0.15) is 46.5 Å². The van der Waals surface area contributed by atoms with Gasteiger partial charge in [-0.05, 0) is 62.5 Å². The summed E-state index contributed by atoms with van der Waals surface area (Å²) in [7, 11) is 0. The summed E-state index contributed by atoms with van der Waals surface area (Å²) in [6.45, 7) is 5.76. The number of epoxide rings is 1. The van der Waals surface area contributed by atoms with E-state index in [4.69, 9.17) is 4.74 Å². The lowest BCUT2D eigenvalue weighted by molar-refractivity contribution is -0.160. The van der Waals surface area contributed by atoms with Crippen molar-refractivity contribution in [3.05, 3.63) is 23.8 Å². The van der Waals surface area contributed by atoms with Crippen LogP contribution in [0, 0.1) is 28.6 Å². The van der Waals surface area contributed by atoms with E-state index in [0.717, 1.165) is 18.4 Å². The van der Waals surface area contributed by atoms with Gasteiger partial charge in [-0.15, -0.1) is 0 Å². The van der Waals surface area contributed by atoms with Gasteiger partial charge in [-0.25, -0.2) is 0 Å². The molecule has 1 saturated heterocycles. The van der Waals surface area contributed by atoms with Gasteiger partial charge in [0.05, 0.1) is 6.10 Å². The number of rotatable bonds is 2. The zero-order chi connectivity index (χ0) is 19.4. The van der Waals surface area contributed by atoms with Crippen LogP contribution in [0.3, 0.4) is 0 Å². The molecule has 0 bridgehead atoms. The summed E-state index contributed by atoms with van der Waals surface area (Å²) in [5.41, 5.74) is -1.52. The SMILES string of the molecule is C[C@H]1CC2C3CC[C@](O)(C(=O)CO)[C@@]3(C)C[C@@H]3O[C@]23[C@@]2(C)C=CC(=O)C=C12. The predicted octanol–water partition coefficient (Wildman–Crippen LogP) is 1.96. The van der Waals surface area contributed by atoms with Crippen LogP contribution in [0.5, 0.6) is 0 Å². The largest absolute Gasteiger partial charge is 0.388 e. The molecule has 2 unspecified atom stereocenters. The van der Waals surface area contributed by atoms with Crippen molar-refractivity contribution in [2.75, 3.05) is 6.61 Å². The highest BCUT2D eigenvalue weighted by molar-refractivity contribution is 6.01. The molecule has 146 valence electrons. The third kappa shape index (κ3) is 1.77. The second-order valence-corrected chi connectivity index (χ2v) is 9.89. The summed E-state index contributed by atoms with van der Waals surface area (Å²) in [6.07, 6.45) is 8.18. The Hall–Kier alpha value is -1.30. The Balaban J connectivity index is 1.61. The highest BCUT2D eigenvalue weighted by atomic mass is 16.6. The van der Waals surface area contributed by atoms with Gasteiger partial charge >= 0.3 is 0 Å². The zero-order valence-electron chi connectivity index (χ0n) is 16.2. The molecule has 8 atom stereocenters. The van der Waals surface area contributed by atoms with Gasteiger partial charge in [0.2, 0.25) is 0 Å². The lowest BCUT2D eigenvalue weighted by atomic mass is 9.45. The topological polar surface area (TPSA) is 87.1 Å². The van der Waals surface area contributed by atoms with Gasteiger partial charge in [0.25, 0.3) is 0 Å². The fraction of sp³-hybridized carbons (Fsp3) is 0.727. The van der Waals surface area contributed by atoms with Crippen molar-refractivity contribution < 1.29 is 24.5 Å². The molecule has 0 aromatic carbocycles. The molecule has 5 rings (SSSR count). The number of aliphatic hydroxyl groups is 2. The molecule has 27 heavy (non-hydrogen) atoms. The molecule has 4 aliphatic carbocycles. The molecule has 0 aromatic rings. The number of hydrogen-bond donors (Lipinski definition) is 2. The monoisotopic (exact) mass is 372 g/mol. The molecular weight excluding hydrogens is 344 g/mol. The first-order chi connectivity index (χ1) is 12.6. The molecular formula is C22H28O5. The summed E-state index contributed by atoms with van der Waals surface area (Å²) in [5.74, 6) is 0.250. The zero-order valence-corrected chi connectivity index (χ0v) is 16.2. The van der Waals surface area contributed by atoms with Crippen LogP contribution < -0.4 is 0 Å². The number of hydrogen-bond acceptors (Lipinski definition) is 5. The van der Waals surface area contributed by atoms with Gasteiger partial charge in [-0.3, -0.25) is 9.59 Å². The number of fused-ring (bicyclic) bond motifs is 3. The number of aliphatic hydroxyl groups excluding tert-OH is 1. The van der Waals surface area contributed by atoms with E-state index in [0.29, 0.717) is 12.8 Å². The summed E-state index contributed by atoms with van der Waals surface area (Å²) < 4.78 is 6.45. The number of allylic oxidation sites excluding steroid dienone is 2. The van der Waals surface area contributed by atoms with E-state index in [-0.39, 0.29) is 40.7 Å². The Labute approximate surface area is 159 Å². The first kappa shape index (κ1) is 17.8. The molecule has 1 spiro atoms. The first-order valence-corrected chi connectivity index (χ1v) is 10.1. The summed E-state index contributed by atoms with van der Waals surface area (Å²) >= 11 is 0. The van der Waals surface area contributed by atoms with Gasteiger partial charge in [0.1, 0.15) is 17.8 Å². The Kier molecular flexibility index (Phi) is 3.29. The van der Waals surface area contributed by atoms with Crippen molar-refractivity contribution in [1.82, 2.24) is 0 Å². The number of ether oxygens (including phenoxy) is 1. The van der Waals surface area contributed by atoms with E-state index in [1.54, 1.807) is 12.2 Å². The van der Waals surface area contributed by atoms with Crippen LogP contribution in [0.4, 0.5) is 0 Å². The van der Waals surface area contributed by atoms with Crippen LogP contribution in [0.2, 0.25) is 0 Å². The standard InChI is InChI=1S/C22H28O5/c1-12-8-16-14-5-7-21(26,17(25)11-23)20(14,3)10-18-22(16,27-18)19(2)6-4-13(24)9-15(12)19/h4,6,9,12,14,16,18,23,26H,5,7-8,10-11H2,1-3H3/t12-,14?,16?,18-,19-,20-,21-,22+/m0/s1. The first-order valence-electron chi connectivity index (χ1n) is 10.1. The van der Waals surface area contributed by atoms with Crippen molar-refractivity contribution in [2.24, 2.45) is 28.6 Å². The highest BCUT2D eigenvalue weighted by Gasteiger charge is 2.81. The maximum atomic E-state index is 12.5. The van der Waals surface area contributed by atoms with Crippen molar-refractivity contribution in [3.8, 4) is 0 Å². The highest BCUT2D eigenvalue weighted by Crippen LogP contribution is 2.76. The van der Waals surface area contributed by atoms with Gasteiger partial charge in [-0.2, -0.15) is 0 Å². The van der Waals surface area contributed by atoms with Crippen LogP contribution in [0.15, 0.2) is 23.8 Å². The second-order valence-electron chi connectivity index (χ2n) is 9.89. The van der Waals surface area contributed by atoms with Gasteiger partial charge < -0.3 is 14.9 Å². The van der Waals surface area contributed by atoms with Crippen molar-refractivity contribution in [1.29, 1.82) is 0 Å². The smallest absolute Gasteiger partial charge is 0.190 e. The minimum atomic E-state index is -1.47. The van der Waals surface area contributed by atoms with Gasteiger partial charge in [-0.1, -0.05) is 25.5 Å². The Bertz CT molecular complexity index is 814. The summed E-state index contributed by atoms with van der Waals surface area (Å²) in [4.78, 5) is 24.5. The molecule has 3 saturated carbocycles. The maximum Gasteiger partial charge on any atom is 0.190 e.